The number of aliphatic hydroxyl groups is 1. The zero-order valence-corrected chi connectivity index (χ0v) is 22.0. The molecular weight excluding hydrogens is 526 g/mol. The third-order valence-corrected chi connectivity index (χ3v) is 8.12. The molecule has 1 aliphatic rings. The average Bonchev–Trinajstić information content (AvgIpc) is 3.65. The fourth-order valence-electron chi connectivity index (χ4n) is 4.27. The maximum atomic E-state index is 13.3. The molecule has 2 aromatic carbocycles. The van der Waals surface area contributed by atoms with Gasteiger partial charge in [0.25, 0.3) is 11.5 Å². The number of nitro benzene ring substituents is 1. The third-order valence-electron chi connectivity index (χ3n) is 6.18. The van der Waals surface area contributed by atoms with Gasteiger partial charge >= 0.3 is 5.91 Å². The lowest BCUT2D eigenvalue weighted by Gasteiger charge is -2.21. The lowest BCUT2D eigenvalue weighted by molar-refractivity contribution is -0.384. The number of thiophene rings is 1. The van der Waals surface area contributed by atoms with E-state index in [-0.39, 0.29) is 22.2 Å². The van der Waals surface area contributed by atoms with Crippen molar-refractivity contribution in [3.8, 4) is 5.75 Å². The van der Waals surface area contributed by atoms with Crippen LogP contribution in [-0.2, 0) is 9.59 Å². The van der Waals surface area contributed by atoms with E-state index >= 15 is 0 Å². The lowest BCUT2D eigenvalue weighted by atomic mass is 10.00. The van der Waals surface area contributed by atoms with Crippen LogP contribution in [0.15, 0.2) is 65.6 Å². The maximum absolute atomic E-state index is 13.3. The molecule has 9 nitrogen and oxygen atoms in total. The van der Waals surface area contributed by atoms with Gasteiger partial charge in [-0.1, -0.05) is 37.2 Å². The van der Waals surface area contributed by atoms with Gasteiger partial charge in [0.05, 0.1) is 27.3 Å². The van der Waals surface area contributed by atoms with Gasteiger partial charge in [-0.2, -0.15) is 0 Å². The molecule has 0 aliphatic carbocycles. The second-order valence-corrected chi connectivity index (χ2v) is 10.7. The van der Waals surface area contributed by atoms with E-state index in [4.69, 9.17) is 4.74 Å². The van der Waals surface area contributed by atoms with E-state index in [1.165, 1.54) is 34.4 Å². The lowest BCUT2D eigenvalue weighted by Crippen LogP contribution is -2.28. The number of carbonyl (C=O) groups is 2. The number of aromatic nitrogens is 1. The topological polar surface area (TPSA) is 123 Å². The van der Waals surface area contributed by atoms with Crippen LogP contribution < -0.4 is 9.64 Å². The minimum atomic E-state index is -0.893. The number of thiazole rings is 1. The summed E-state index contributed by atoms with van der Waals surface area (Å²) in [5, 5.41) is 24.5. The Morgan fingerprint density at radius 3 is 2.63 bits per heavy atom. The first-order chi connectivity index (χ1) is 18.4. The fraction of sp³-hybridized carbons (Fsp3) is 0.222. The number of anilines is 1. The van der Waals surface area contributed by atoms with Crippen molar-refractivity contribution < 1.29 is 24.4 Å². The van der Waals surface area contributed by atoms with Crippen LogP contribution in [0, 0.1) is 10.1 Å². The highest BCUT2D eigenvalue weighted by Gasteiger charge is 2.48. The Kier molecular flexibility index (Phi) is 7.21. The number of amides is 1. The molecule has 1 unspecified atom stereocenters. The SMILES string of the molecule is CCCCCOc1ccc(/C(O)=C2\C(=O)C(=O)N(c3nc4ccc([N+](=O)[O-])cc4s3)C2c2cccs2)cc1. The molecule has 0 radical (unpaired) electrons. The Morgan fingerprint density at radius 2 is 1.95 bits per heavy atom. The highest BCUT2D eigenvalue weighted by Crippen LogP contribution is 2.45. The van der Waals surface area contributed by atoms with Crippen LogP contribution in [0.4, 0.5) is 10.8 Å². The van der Waals surface area contributed by atoms with Crippen LogP contribution in [-0.4, -0.2) is 33.3 Å². The van der Waals surface area contributed by atoms with Crippen LogP contribution in [0.2, 0.25) is 0 Å². The Balaban J connectivity index is 1.54. The summed E-state index contributed by atoms with van der Waals surface area (Å²) in [6.07, 6.45) is 3.12. The summed E-state index contributed by atoms with van der Waals surface area (Å²) in [5.74, 6) is -1.30. The molecular formula is C27H23N3O6S2. The number of rotatable bonds is 9. The standard InChI is InChI=1S/C27H23N3O6S2/c1-2-3-4-13-36-18-10-7-16(8-11-18)24(31)22-23(20-6-5-14-37-20)29(26(33)25(22)32)27-28-19-12-9-17(30(34)35)15-21(19)38-27/h5-12,14-15,23,31H,2-4,13H2,1H3/b24-22+. The summed E-state index contributed by atoms with van der Waals surface area (Å²) in [6, 6.07) is 13.7. The van der Waals surface area contributed by atoms with Gasteiger partial charge in [0.2, 0.25) is 0 Å². The summed E-state index contributed by atoms with van der Waals surface area (Å²) >= 11 is 2.42. The Morgan fingerprint density at radius 1 is 1.16 bits per heavy atom. The van der Waals surface area contributed by atoms with Crippen LogP contribution in [0.5, 0.6) is 5.75 Å². The smallest absolute Gasteiger partial charge is 0.301 e. The van der Waals surface area contributed by atoms with Gasteiger partial charge in [0.1, 0.15) is 17.6 Å². The van der Waals surface area contributed by atoms with Crippen molar-refractivity contribution in [1.29, 1.82) is 0 Å². The molecule has 0 bridgehead atoms. The molecule has 2 aromatic heterocycles. The van der Waals surface area contributed by atoms with Gasteiger partial charge in [0, 0.05) is 22.6 Å². The number of fused-ring (bicyclic) bond motifs is 1. The van der Waals surface area contributed by atoms with Crippen molar-refractivity contribution in [2.24, 2.45) is 0 Å². The van der Waals surface area contributed by atoms with E-state index < -0.39 is 22.7 Å². The van der Waals surface area contributed by atoms with E-state index in [9.17, 15) is 24.8 Å². The molecule has 1 aliphatic heterocycles. The quantitative estimate of drug-likeness (QED) is 0.0634. The molecule has 1 fully saturated rings. The predicted octanol–water partition coefficient (Wildman–Crippen LogP) is 6.46. The summed E-state index contributed by atoms with van der Waals surface area (Å²) in [7, 11) is 0. The second-order valence-electron chi connectivity index (χ2n) is 8.67. The predicted molar refractivity (Wildman–Crippen MR) is 147 cm³/mol. The summed E-state index contributed by atoms with van der Waals surface area (Å²) < 4.78 is 6.25. The molecule has 1 atom stereocenters. The van der Waals surface area contributed by atoms with Gasteiger partial charge in [0.15, 0.2) is 5.13 Å². The number of non-ortho nitro benzene ring substituents is 1. The van der Waals surface area contributed by atoms with Crippen molar-refractivity contribution in [2.45, 2.75) is 32.2 Å². The molecule has 0 spiro atoms. The molecule has 1 N–H and O–H groups in total. The maximum Gasteiger partial charge on any atom is 0.301 e. The number of unbranched alkanes of at least 4 members (excludes halogenated alkanes) is 2. The van der Waals surface area contributed by atoms with Gasteiger partial charge in [-0.25, -0.2) is 4.98 Å². The van der Waals surface area contributed by atoms with Crippen molar-refractivity contribution in [3.63, 3.8) is 0 Å². The highest BCUT2D eigenvalue weighted by molar-refractivity contribution is 7.22. The summed E-state index contributed by atoms with van der Waals surface area (Å²) in [5.41, 5.74) is 0.712. The third kappa shape index (κ3) is 4.77. The molecule has 1 saturated heterocycles. The Labute approximate surface area is 225 Å². The largest absolute Gasteiger partial charge is 0.507 e. The van der Waals surface area contributed by atoms with Crippen molar-refractivity contribution in [1.82, 2.24) is 4.98 Å². The van der Waals surface area contributed by atoms with Gasteiger partial charge in [-0.05, 0) is 48.2 Å². The number of carbonyl (C=O) groups excluding carboxylic acids is 2. The summed E-state index contributed by atoms with van der Waals surface area (Å²) in [6.45, 7) is 2.71. The number of aliphatic hydroxyl groups excluding tert-OH is 1. The van der Waals surface area contributed by atoms with E-state index in [1.54, 1.807) is 36.4 Å². The zero-order valence-electron chi connectivity index (χ0n) is 20.3. The Hall–Kier alpha value is -4.09. The molecule has 194 valence electrons. The Bertz CT molecular complexity index is 1540. The second kappa shape index (κ2) is 10.7. The van der Waals surface area contributed by atoms with E-state index in [1.807, 2.05) is 5.38 Å². The number of benzene rings is 2. The van der Waals surface area contributed by atoms with Crippen molar-refractivity contribution >= 4 is 61.2 Å². The average molecular weight is 550 g/mol. The monoisotopic (exact) mass is 549 g/mol. The number of hydrogen-bond donors (Lipinski definition) is 1. The van der Waals surface area contributed by atoms with Crippen LogP contribution >= 0.6 is 22.7 Å². The fourth-order valence-corrected chi connectivity index (χ4v) is 6.12. The zero-order chi connectivity index (χ0) is 26.8. The molecule has 3 heterocycles. The first-order valence-corrected chi connectivity index (χ1v) is 13.7. The van der Waals surface area contributed by atoms with E-state index in [2.05, 4.69) is 11.9 Å². The van der Waals surface area contributed by atoms with E-state index in [0.29, 0.717) is 33.0 Å². The normalized spacial score (nSPS) is 16.9. The highest BCUT2D eigenvalue weighted by atomic mass is 32.1. The number of ether oxygens (including phenoxy) is 1. The van der Waals surface area contributed by atoms with Crippen LogP contribution in [0.3, 0.4) is 0 Å². The van der Waals surface area contributed by atoms with Gasteiger partial charge < -0.3 is 9.84 Å². The number of nitrogens with zero attached hydrogens (tertiary/aromatic N) is 3. The minimum absolute atomic E-state index is 0.0423. The van der Waals surface area contributed by atoms with Crippen LogP contribution in [0.1, 0.15) is 42.7 Å². The number of ketones is 1. The molecule has 1 amide bonds. The molecule has 11 heteroatoms. The number of nitro groups is 1. The molecule has 38 heavy (non-hydrogen) atoms. The molecule has 0 saturated carbocycles. The first-order valence-electron chi connectivity index (χ1n) is 12.0. The molecule has 5 rings (SSSR count). The van der Waals surface area contributed by atoms with Crippen molar-refractivity contribution in [2.75, 3.05) is 11.5 Å². The number of Topliss-reactive ketones (excluding diaryl/α,β-unsaturated/α-hetero) is 1. The first kappa shape index (κ1) is 25.6. The van der Waals surface area contributed by atoms with Crippen molar-refractivity contribution in [3.05, 3.63) is 86.1 Å². The summed E-state index contributed by atoms with van der Waals surface area (Å²) in [4.78, 5) is 43.7. The van der Waals surface area contributed by atoms with Crippen LogP contribution in [0.25, 0.3) is 16.0 Å². The minimum Gasteiger partial charge on any atom is -0.507 e. The van der Waals surface area contributed by atoms with Gasteiger partial charge in [-0.3, -0.25) is 24.6 Å². The molecule has 4 aromatic rings. The van der Waals surface area contributed by atoms with Gasteiger partial charge in [-0.15, -0.1) is 11.3 Å². The van der Waals surface area contributed by atoms with E-state index in [0.717, 1.165) is 30.6 Å². The number of hydrogen-bond acceptors (Lipinski definition) is 9.